The Morgan fingerprint density at radius 1 is 1.26 bits per heavy atom. The lowest BCUT2D eigenvalue weighted by molar-refractivity contribution is -0.198. The van der Waals surface area contributed by atoms with Crippen LogP contribution < -0.4 is 10.1 Å². The van der Waals surface area contributed by atoms with E-state index in [0.29, 0.717) is 11.3 Å². The number of halogens is 3. The number of nitrogens with one attached hydrogen (secondary N) is 1. The third kappa shape index (κ3) is 4.30. The van der Waals surface area contributed by atoms with Gasteiger partial charge in [0, 0.05) is 18.0 Å². The molecule has 4 aromatic rings. The number of nitrogens with zero attached hydrogens (tertiary/aromatic N) is 7. The van der Waals surface area contributed by atoms with Crippen LogP contribution in [-0.2, 0) is 0 Å². The number of hydrogen-bond acceptors (Lipinski definition) is 7. The van der Waals surface area contributed by atoms with Gasteiger partial charge in [0.25, 0.3) is 0 Å². The number of fused-ring (bicyclic) bond motifs is 1. The summed E-state index contributed by atoms with van der Waals surface area (Å²) < 4.78 is 50.8. The molecule has 0 saturated carbocycles. The molecule has 12 heteroatoms. The maximum Gasteiger partial charge on any atom is 0.431 e. The first kappa shape index (κ1) is 22.8. The summed E-state index contributed by atoms with van der Waals surface area (Å²) in [5.74, 6) is -0.152. The molecule has 1 aliphatic rings. The van der Waals surface area contributed by atoms with E-state index in [4.69, 9.17) is 4.74 Å². The topological polar surface area (TPSA) is 106 Å². The fraction of sp³-hybridized carbons (Fsp3) is 0.348. The minimum atomic E-state index is -4.75. The van der Waals surface area contributed by atoms with Crippen LogP contribution in [0.4, 0.5) is 13.2 Å². The van der Waals surface area contributed by atoms with E-state index >= 15 is 0 Å². The predicted octanol–water partition coefficient (Wildman–Crippen LogP) is 3.77. The van der Waals surface area contributed by atoms with Gasteiger partial charge < -0.3 is 10.1 Å². The molecule has 35 heavy (non-hydrogen) atoms. The van der Waals surface area contributed by atoms with Crippen LogP contribution in [0.1, 0.15) is 41.9 Å². The number of ether oxygens (including phenoxy) is 1. The number of piperidine rings is 1. The second kappa shape index (κ2) is 8.99. The fourth-order valence-corrected chi connectivity index (χ4v) is 4.34. The molecule has 0 aromatic carbocycles. The van der Waals surface area contributed by atoms with E-state index in [9.17, 15) is 18.4 Å². The number of rotatable bonds is 5. The lowest BCUT2D eigenvalue weighted by Crippen LogP contribution is -2.30. The molecule has 0 bridgehead atoms. The van der Waals surface area contributed by atoms with Gasteiger partial charge in [-0.25, -0.2) is 9.20 Å². The second-order valence-electron chi connectivity index (χ2n) is 8.30. The Hall–Kier alpha value is -3.98. The molecule has 9 nitrogen and oxygen atoms in total. The molecule has 180 valence electrons. The molecule has 0 unspecified atom stereocenters. The summed E-state index contributed by atoms with van der Waals surface area (Å²) in [5, 5.41) is 25.6. The van der Waals surface area contributed by atoms with Gasteiger partial charge in [-0.3, -0.25) is 4.98 Å². The summed E-state index contributed by atoms with van der Waals surface area (Å²) >= 11 is 0. The minimum absolute atomic E-state index is 0.0866. The van der Waals surface area contributed by atoms with Gasteiger partial charge in [0.2, 0.25) is 6.10 Å². The van der Waals surface area contributed by atoms with Crippen molar-refractivity contribution in [3.63, 3.8) is 0 Å². The second-order valence-corrected chi connectivity index (χ2v) is 8.30. The fourth-order valence-electron chi connectivity index (χ4n) is 4.34. The van der Waals surface area contributed by atoms with Crippen molar-refractivity contribution in [1.29, 1.82) is 5.26 Å². The number of pyridine rings is 2. The number of hydrogen-bond donors (Lipinski definition) is 1. The Morgan fingerprint density at radius 3 is 2.74 bits per heavy atom. The third-order valence-corrected chi connectivity index (χ3v) is 6.05. The lowest BCUT2D eigenvalue weighted by Gasteiger charge is -2.23. The van der Waals surface area contributed by atoms with E-state index in [2.05, 4.69) is 25.7 Å². The zero-order valence-corrected chi connectivity index (χ0v) is 18.7. The molecule has 5 heterocycles. The maximum atomic E-state index is 14.0. The summed E-state index contributed by atoms with van der Waals surface area (Å²) in [7, 11) is 0. The van der Waals surface area contributed by atoms with Gasteiger partial charge >= 0.3 is 6.18 Å². The largest absolute Gasteiger partial charge is 0.472 e. The first-order valence-corrected chi connectivity index (χ1v) is 11.1. The van der Waals surface area contributed by atoms with Crippen molar-refractivity contribution in [2.24, 2.45) is 0 Å². The van der Waals surface area contributed by atoms with Crippen molar-refractivity contribution in [3.05, 3.63) is 59.8 Å². The van der Waals surface area contributed by atoms with Gasteiger partial charge in [-0.05, 0) is 51.1 Å². The van der Waals surface area contributed by atoms with Crippen molar-refractivity contribution in [3.8, 4) is 23.1 Å². The maximum absolute atomic E-state index is 14.0. The average Bonchev–Trinajstić information content (AvgIpc) is 3.46. The Kier molecular flexibility index (Phi) is 5.86. The van der Waals surface area contributed by atoms with Crippen molar-refractivity contribution in [1.82, 2.24) is 34.9 Å². The first-order valence-electron chi connectivity index (χ1n) is 11.1. The molecule has 1 aliphatic heterocycles. The summed E-state index contributed by atoms with van der Waals surface area (Å²) in [4.78, 5) is 3.84. The first-order chi connectivity index (χ1) is 16.9. The van der Waals surface area contributed by atoms with E-state index in [1.165, 1.54) is 41.2 Å². The Balaban J connectivity index is 1.61. The molecule has 1 fully saturated rings. The van der Waals surface area contributed by atoms with Gasteiger partial charge in [0.1, 0.15) is 28.6 Å². The Labute approximate surface area is 198 Å². The highest BCUT2D eigenvalue weighted by Gasteiger charge is 2.44. The molecular formula is C23H21F3N8O. The van der Waals surface area contributed by atoms with Gasteiger partial charge in [-0.2, -0.15) is 23.5 Å². The minimum Gasteiger partial charge on any atom is -0.472 e. The Bertz CT molecular complexity index is 1380. The Morgan fingerprint density at radius 2 is 2.06 bits per heavy atom. The molecule has 0 radical (unpaired) electrons. The van der Waals surface area contributed by atoms with Crippen molar-refractivity contribution < 1.29 is 17.9 Å². The summed E-state index contributed by atoms with van der Waals surface area (Å²) in [6, 6.07) is 7.82. The van der Waals surface area contributed by atoms with E-state index < -0.39 is 12.3 Å². The van der Waals surface area contributed by atoms with Gasteiger partial charge in [-0.15, -0.1) is 5.10 Å². The molecule has 4 aromatic heterocycles. The van der Waals surface area contributed by atoms with Crippen molar-refractivity contribution in [2.75, 3.05) is 13.1 Å². The molecule has 5 rings (SSSR count). The molecule has 1 N–H and O–H groups in total. The quantitative estimate of drug-likeness (QED) is 0.462. The molecule has 0 spiro atoms. The van der Waals surface area contributed by atoms with Gasteiger partial charge in [0.05, 0.1) is 23.6 Å². The number of alkyl halides is 3. The third-order valence-electron chi connectivity index (χ3n) is 6.05. The molecular weight excluding hydrogens is 461 g/mol. The molecule has 1 atom stereocenters. The van der Waals surface area contributed by atoms with Crippen LogP contribution in [0.2, 0.25) is 0 Å². The highest BCUT2D eigenvalue weighted by molar-refractivity contribution is 5.74. The van der Waals surface area contributed by atoms with Crippen LogP contribution in [0.3, 0.4) is 0 Å². The zero-order valence-electron chi connectivity index (χ0n) is 18.7. The van der Waals surface area contributed by atoms with Crippen LogP contribution in [0.15, 0.2) is 42.9 Å². The highest BCUT2D eigenvalue weighted by atomic mass is 19.4. The highest BCUT2D eigenvalue weighted by Crippen LogP contribution is 2.39. The van der Waals surface area contributed by atoms with E-state index in [0.717, 1.165) is 31.6 Å². The van der Waals surface area contributed by atoms with E-state index in [1.54, 1.807) is 6.20 Å². The van der Waals surface area contributed by atoms with E-state index in [-0.39, 0.29) is 28.6 Å². The number of nitriles is 1. The van der Waals surface area contributed by atoms with Crippen LogP contribution in [0.5, 0.6) is 5.75 Å². The van der Waals surface area contributed by atoms with Crippen LogP contribution in [0, 0.1) is 18.3 Å². The van der Waals surface area contributed by atoms with E-state index in [1.807, 2.05) is 17.7 Å². The van der Waals surface area contributed by atoms with Gasteiger partial charge in [0.15, 0.2) is 0 Å². The summed E-state index contributed by atoms with van der Waals surface area (Å²) in [6.45, 7) is 3.62. The van der Waals surface area contributed by atoms with Crippen LogP contribution in [0.25, 0.3) is 16.8 Å². The van der Waals surface area contributed by atoms with Crippen LogP contribution >= 0.6 is 0 Å². The van der Waals surface area contributed by atoms with Crippen molar-refractivity contribution in [2.45, 2.75) is 38.1 Å². The number of aromatic nitrogens is 6. The molecule has 0 amide bonds. The molecule has 1 saturated heterocycles. The smallest absolute Gasteiger partial charge is 0.431 e. The summed E-state index contributed by atoms with van der Waals surface area (Å²) in [5.41, 5.74) is 1.68. The average molecular weight is 482 g/mol. The lowest BCUT2D eigenvalue weighted by atomic mass is 10.1. The monoisotopic (exact) mass is 482 g/mol. The summed E-state index contributed by atoms with van der Waals surface area (Å²) in [6.07, 6.45) is -1.12. The standard InChI is InChI=1S/C23H21F3N8O/c1-14-20(31-32-34(14)17-5-8-28-9-6-17)15-10-19(21-16(11-27)12-30-33(21)13-15)35-22(23(24,25)26)18-4-2-3-7-29-18/h2-4,7,10,12-13,17,22,28H,5-6,8-9H2,1H3/t22-/m0/s1. The molecule has 0 aliphatic carbocycles. The SMILES string of the molecule is Cc1c(-c2cc(O[C@@H](c3ccccn3)C(F)(F)F)c3c(C#N)cnn3c2)nnn1C1CCNCC1. The van der Waals surface area contributed by atoms with Crippen molar-refractivity contribution >= 4 is 5.52 Å². The van der Waals surface area contributed by atoms with Crippen LogP contribution in [-0.4, -0.2) is 48.9 Å². The predicted molar refractivity (Wildman–Crippen MR) is 118 cm³/mol. The van der Waals surface area contributed by atoms with Gasteiger partial charge in [-0.1, -0.05) is 11.3 Å². The normalized spacial score (nSPS) is 15.7. The zero-order chi connectivity index (χ0) is 24.6.